The van der Waals surface area contributed by atoms with E-state index in [1.54, 1.807) is 6.21 Å². The maximum Gasteiger partial charge on any atom is 0.340 e. The molecule has 4 rings (SSSR count). The minimum absolute atomic E-state index is 0.0000428. The third-order valence-corrected chi connectivity index (χ3v) is 8.80. The molecule has 0 spiro atoms. The fraction of sp³-hybridized carbons (Fsp3) is 0.895. The zero-order valence-corrected chi connectivity index (χ0v) is 17.9. The van der Waals surface area contributed by atoms with Crippen molar-refractivity contribution in [2.45, 2.75) is 85.1 Å². The molecule has 2 saturated carbocycles. The van der Waals surface area contributed by atoms with Crippen LogP contribution in [0.2, 0.25) is 0 Å². The fourth-order valence-corrected chi connectivity index (χ4v) is 6.95. The predicted molar refractivity (Wildman–Crippen MR) is 109 cm³/mol. The molecule has 0 aromatic heterocycles. The van der Waals surface area contributed by atoms with Gasteiger partial charge in [0, 0.05) is 47.5 Å². The van der Waals surface area contributed by atoms with Crippen molar-refractivity contribution in [3.05, 3.63) is 0 Å². The van der Waals surface area contributed by atoms with Crippen molar-refractivity contribution < 1.29 is 13.6 Å². The summed E-state index contributed by atoms with van der Waals surface area (Å²) in [7, 11) is 0. The summed E-state index contributed by atoms with van der Waals surface area (Å²) in [6, 6.07) is -0.277. The highest BCUT2D eigenvalue weighted by Gasteiger charge is 2.43. The van der Waals surface area contributed by atoms with E-state index in [4.69, 9.17) is 0 Å². The van der Waals surface area contributed by atoms with Gasteiger partial charge in [-0.05, 0) is 44.4 Å². The second-order valence-corrected chi connectivity index (χ2v) is 11.3. The standard InChI is InChI=1S/C19H28BrF2N3OS/c20-13-1-3-16(4-2-13)27-17-10-24(11-17)19(26)25-18(5-6-23-25)12-7-14(21)9-15(22)8-12/h6,12-18H,1-5,7-11H2/t12?,13?,14?,15?,16?,18-/m0/s1. The lowest BCUT2D eigenvalue weighted by atomic mass is 9.81. The Morgan fingerprint density at radius 3 is 2.37 bits per heavy atom. The highest BCUT2D eigenvalue weighted by molar-refractivity contribution is 9.09. The molecule has 0 N–H and O–H groups in total. The van der Waals surface area contributed by atoms with Crippen LogP contribution in [0.4, 0.5) is 13.6 Å². The van der Waals surface area contributed by atoms with Gasteiger partial charge in [-0.3, -0.25) is 0 Å². The molecule has 2 unspecified atom stereocenters. The minimum atomic E-state index is -1.10. The van der Waals surface area contributed by atoms with Crippen LogP contribution in [0.1, 0.15) is 51.4 Å². The first-order chi connectivity index (χ1) is 13.0. The average Bonchev–Trinajstić information content (AvgIpc) is 3.08. The van der Waals surface area contributed by atoms with Gasteiger partial charge in [-0.1, -0.05) is 15.9 Å². The lowest BCUT2D eigenvalue weighted by Crippen LogP contribution is -2.57. The summed E-state index contributed by atoms with van der Waals surface area (Å²) in [6.07, 6.45) is 5.79. The molecule has 0 aromatic carbocycles. The van der Waals surface area contributed by atoms with Crippen molar-refractivity contribution in [2.75, 3.05) is 13.1 Å². The summed E-state index contributed by atoms with van der Waals surface area (Å²) in [5.74, 6) is -0.138. The molecule has 0 bridgehead atoms. The third kappa shape index (κ3) is 4.62. The molecule has 2 aliphatic carbocycles. The Bertz CT molecular complexity index is 559. The Morgan fingerprint density at radius 2 is 1.70 bits per heavy atom. The summed E-state index contributed by atoms with van der Waals surface area (Å²) >= 11 is 5.73. The minimum Gasteiger partial charge on any atom is -0.321 e. The largest absolute Gasteiger partial charge is 0.340 e. The van der Waals surface area contributed by atoms with Gasteiger partial charge in [-0.25, -0.2) is 18.6 Å². The summed E-state index contributed by atoms with van der Waals surface area (Å²) in [5, 5.41) is 6.98. The van der Waals surface area contributed by atoms with E-state index in [0.29, 0.717) is 34.6 Å². The number of carbonyl (C=O) groups excluding carboxylic acids is 1. The summed E-state index contributed by atoms with van der Waals surface area (Å²) in [5.41, 5.74) is 0. The van der Waals surface area contributed by atoms with Crippen molar-refractivity contribution in [2.24, 2.45) is 11.0 Å². The Morgan fingerprint density at radius 1 is 1.04 bits per heavy atom. The molecule has 2 amide bonds. The molecule has 3 atom stereocenters. The number of rotatable bonds is 3. The number of alkyl halides is 3. The number of hydrogen-bond acceptors (Lipinski definition) is 3. The van der Waals surface area contributed by atoms with Crippen LogP contribution in [0.15, 0.2) is 5.10 Å². The second kappa shape index (κ2) is 8.56. The first-order valence-corrected chi connectivity index (χ1v) is 12.0. The van der Waals surface area contributed by atoms with Crippen LogP contribution in [0.5, 0.6) is 0 Å². The first kappa shape index (κ1) is 19.9. The Hall–Kier alpha value is -0.370. The molecular weight excluding hydrogens is 436 g/mol. The van der Waals surface area contributed by atoms with E-state index in [-0.39, 0.29) is 24.4 Å². The molecule has 2 aliphatic heterocycles. The van der Waals surface area contributed by atoms with Gasteiger partial charge in [-0.2, -0.15) is 16.9 Å². The number of amides is 2. The Balaban J connectivity index is 1.26. The monoisotopic (exact) mass is 463 g/mol. The topological polar surface area (TPSA) is 35.9 Å². The van der Waals surface area contributed by atoms with E-state index in [1.807, 2.05) is 16.7 Å². The van der Waals surface area contributed by atoms with Gasteiger partial charge in [-0.15, -0.1) is 0 Å². The lowest BCUT2D eigenvalue weighted by molar-refractivity contribution is 0.0577. The smallest absolute Gasteiger partial charge is 0.321 e. The van der Waals surface area contributed by atoms with Crippen molar-refractivity contribution in [1.29, 1.82) is 0 Å². The van der Waals surface area contributed by atoms with Gasteiger partial charge in [0.05, 0.1) is 6.04 Å². The van der Waals surface area contributed by atoms with Gasteiger partial charge in [0.2, 0.25) is 0 Å². The van der Waals surface area contributed by atoms with E-state index >= 15 is 0 Å². The summed E-state index contributed by atoms with van der Waals surface area (Å²) in [6.45, 7) is 1.53. The zero-order chi connectivity index (χ0) is 19.0. The molecule has 4 aliphatic rings. The van der Waals surface area contributed by atoms with Crippen molar-refractivity contribution in [3.63, 3.8) is 0 Å². The van der Waals surface area contributed by atoms with Gasteiger partial charge in [0.1, 0.15) is 12.3 Å². The molecule has 152 valence electrons. The molecule has 27 heavy (non-hydrogen) atoms. The molecule has 4 nitrogen and oxygen atoms in total. The summed E-state index contributed by atoms with van der Waals surface area (Å²) in [4.78, 5) is 15.4. The predicted octanol–water partition coefficient (Wildman–Crippen LogP) is 4.77. The number of urea groups is 1. The number of hydrazone groups is 1. The number of hydrogen-bond donors (Lipinski definition) is 0. The number of halogens is 3. The Labute approximate surface area is 172 Å². The van der Waals surface area contributed by atoms with Crippen LogP contribution in [0.3, 0.4) is 0 Å². The second-order valence-electron chi connectivity index (χ2n) is 8.43. The van der Waals surface area contributed by atoms with Gasteiger partial charge >= 0.3 is 6.03 Å². The number of likely N-dealkylation sites (tertiary alicyclic amines) is 1. The zero-order valence-electron chi connectivity index (χ0n) is 15.5. The maximum absolute atomic E-state index is 13.8. The molecule has 1 saturated heterocycles. The van der Waals surface area contributed by atoms with E-state index in [1.165, 1.54) is 30.7 Å². The lowest BCUT2D eigenvalue weighted by Gasteiger charge is -2.44. The average molecular weight is 464 g/mol. The van der Waals surface area contributed by atoms with Gasteiger partial charge in [0.15, 0.2) is 0 Å². The fourth-order valence-electron chi connectivity index (χ4n) is 4.81. The van der Waals surface area contributed by atoms with Crippen LogP contribution in [0, 0.1) is 5.92 Å². The van der Waals surface area contributed by atoms with Gasteiger partial charge in [0.25, 0.3) is 0 Å². The maximum atomic E-state index is 13.8. The van der Waals surface area contributed by atoms with E-state index < -0.39 is 12.3 Å². The number of thioether (sulfide) groups is 1. The number of carbonyl (C=O) groups is 1. The van der Waals surface area contributed by atoms with Crippen LogP contribution < -0.4 is 0 Å². The van der Waals surface area contributed by atoms with Crippen molar-refractivity contribution in [3.8, 4) is 0 Å². The van der Waals surface area contributed by atoms with Crippen LogP contribution >= 0.6 is 27.7 Å². The first-order valence-electron chi connectivity index (χ1n) is 10.2. The molecule has 0 aromatic rings. The van der Waals surface area contributed by atoms with Gasteiger partial charge < -0.3 is 4.90 Å². The quantitative estimate of drug-likeness (QED) is 0.565. The molecule has 8 heteroatoms. The molecular formula is C19H28BrF2N3OS. The van der Waals surface area contributed by atoms with Crippen LogP contribution in [0.25, 0.3) is 0 Å². The number of nitrogens with zero attached hydrogens (tertiary/aromatic N) is 3. The highest BCUT2D eigenvalue weighted by Crippen LogP contribution is 2.38. The van der Waals surface area contributed by atoms with Crippen molar-refractivity contribution in [1.82, 2.24) is 9.91 Å². The SMILES string of the molecule is O=C(N1CC(SC2CCC(Br)CC2)C1)N1N=CC[C@H]1C1CC(F)CC(F)C1. The Kier molecular flexibility index (Phi) is 6.31. The normalized spacial score (nSPS) is 40.3. The third-order valence-electron chi connectivity index (χ3n) is 6.34. The van der Waals surface area contributed by atoms with Crippen LogP contribution in [-0.2, 0) is 0 Å². The van der Waals surface area contributed by atoms with E-state index in [0.717, 1.165) is 13.1 Å². The molecule has 3 fully saturated rings. The molecule has 0 radical (unpaired) electrons. The molecule has 2 heterocycles. The highest BCUT2D eigenvalue weighted by atomic mass is 79.9. The van der Waals surface area contributed by atoms with Crippen molar-refractivity contribution >= 4 is 39.9 Å². The van der Waals surface area contributed by atoms with E-state index in [9.17, 15) is 13.6 Å². The van der Waals surface area contributed by atoms with Crippen LogP contribution in [-0.4, -0.2) is 69.0 Å². The van der Waals surface area contributed by atoms with E-state index in [2.05, 4.69) is 21.0 Å². The summed E-state index contributed by atoms with van der Waals surface area (Å²) < 4.78 is 27.6.